The topological polar surface area (TPSA) is 26.3 Å². The van der Waals surface area contributed by atoms with E-state index in [1.165, 1.54) is 0 Å². The molecule has 0 aliphatic carbocycles. The van der Waals surface area contributed by atoms with E-state index in [4.69, 9.17) is 4.74 Å². The second-order valence-corrected chi connectivity index (χ2v) is 8.92. The third kappa shape index (κ3) is 3.15. The van der Waals surface area contributed by atoms with Crippen molar-refractivity contribution in [2.75, 3.05) is 6.61 Å². The van der Waals surface area contributed by atoms with Gasteiger partial charge in [0.05, 0.1) is 9.93 Å². The van der Waals surface area contributed by atoms with Gasteiger partial charge in [0.25, 0.3) is 0 Å². The molecule has 20 heavy (non-hydrogen) atoms. The molecular weight excluding hydrogens is 382 g/mol. The van der Waals surface area contributed by atoms with Crippen molar-refractivity contribution in [1.29, 1.82) is 0 Å². The summed E-state index contributed by atoms with van der Waals surface area (Å²) in [6.07, 6.45) is 1.61. The second-order valence-electron chi connectivity index (χ2n) is 4.18. The summed E-state index contributed by atoms with van der Waals surface area (Å²) in [6, 6.07) is 19.1. The lowest BCUT2D eigenvalue weighted by molar-refractivity contribution is 0.269. The van der Waals surface area contributed by atoms with Crippen LogP contribution < -0.4 is 10.6 Å². The summed E-state index contributed by atoms with van der Waals surface area (Å²) in [6.45, 7) is 2.48. The number of hydrogen-bond acceptors (Lipinski definition) is 2. The van der Waals surface area contributed by atoms with Crippen molar-refractivity contribution in [3.8, 4) is 0 Å². The van der Waals surface area contributed by atoms with Gasteiger partial charge < -0.3 is 9.30 Å². The first kappa shape index (κ1) is 15.3. The highest BCUT2D eigenvalue weighted by atomic mass is 127. The average Bonchev–Trinajstić information content (AvgIpc) is 2.53. The minimum atomic E-state index is -2.82. The molecule has 0 unspecified atom stereocenters. The van der Waals surface area contributed by atoms with E-state index in [1.54, 1.807) is 6.26 Å². The molecule has 104 valence electrons. The molecule has 0 amide bonds. The highest BCUT2D eigenvalue weighted by Crippen LogP contribution is 2.54. The molecule has 0 fully saturated rings. The minimum absolute atomic E-state index is 0.566. The molecule has 0 N–H and O–H groups in total. The van der Waals surface area contributed by atoms with Gasteiger partial charge in [0.15, 0.2) is 7.14 Å². The molecule has 2 rings (SSSR count). The number of benzene rings is 2. The normalized spacial score (nSPS) is 12.2. The third-order valence-corrected chi connectivity index (χ3v) is 7.94. The fourth-order valence-electron chi connectivity index (χ4n) is 1.90. The van der Waals surface area contributed by atoms with Crippen molar-refractivity contribution in [1.82, 2.24) is 0 Å². The fourth-order valence-corrected chi connectivity index (χ4v) is 5.95. The Morgan fingerprint density at radius 3 is 1.90 bits per heavy atom. The Balaban J connectivity index is 2.59. The largest absolute Gasteiger partial charge is 0.500 e. The fraction of sp³-hybridized carbons (Fsp3) is 0.125. The van der Waals surface area contributed by atoms with E-state index >= 15 is 0 Å². The maximum absolute atomic E-state index is 13.7. The summed E-state index contributed by atoms with van der Waals surface area (Å²) < 4.78 is 19.7. The highest BCUT2D eigenvalue weighted by molar-refractivity contribution is 14.1. The molecular formula is C16H16IO2P. The molecule has 2 aromatic carbocycles. The van der Waals surface area contributed by atoms with Gasteiger partial charge in [-0.3, -0.25) is 0 Å². The van der Waals surface area contributed by atoms with E-state index in [2.05, 4.69) is 22.6 Å². The molecule has 2 nitrogen and oxygen atoms in total. The highest BCUT2D eigenvalue weighted by Gasteiger charge is 2.30. The average molecular weight is 398 g/mol. The van der Waals surface area contributed by atoms with Gasteiger partial charge in [-0.1, -0.05) is 60.7 Å². The molecule has 0 saturated carbocycles. The first-order valence-electron chi connectivity index (χ1n) is 6.38. The van der Waals surface area contributed by atoms with Crippen LogP contribution in [-0.4, -0.2) is 6.61 Å². The van der Waals surface area contributed by atoms with Crippen LogP contribution in [0.4, 0.5) is 0 Å². The molecule has 0 radical (unpaired) electrons. The quantitative estimate of drug-likeness (QED) is 0.427. The molecule has 2 aromatic rings. The third-order valence-electron chi connectivity index (χ3n) is 2.89. The van der Waals surface area contributed by atoms with Gasteiger partial charge in [0.2, 0.25) is 0 Å². The molecule has 0 spiro atoms. The van der Waals surface area contributed by atoms with Crippen molar-refractivity contribution in [3.63, 3.8) is 0 Å². The maximum Gasteiger partial charge on any atom is 0.179 e. The summed E-state index contributed by atoms with van der Waals surface area (Å²) in [5.74, 6) is 0. The van der Waals surface area contributed by atoms with Crippen LogP contribution in [0.1, 0.15) is 6.92 Å². The first-order chi connectivity index (χ1) is 9.69. The number of hydrogen-bond donors (Lipinski definition) is 0. The Hall–Kier alpha value is -1.06. The van der Waals surface area contributed by atoms with Crippen LogP contribution in [0, 0.1) is 0 Å². The minimum Gasteiger partial charge on any atom is -0.500 e. The van der Waals surface area contributed by atoms with Crippen molar-refractivity contribution in [3.05, 3.63) is 70.2 Å². The Kier molecular flexibility index (Phi) is 5.44. The van der Waals surface area contributed by atoms with Crippen LogP contribution in [0.2, 0.25) is 0 Å². The predicted octanol–water partition coefficient (Wildman–Crippen LogP) is 4.27. The lowest BCUT2D eigenvalue weighted by Crippen LogP contribution is -2.15. The number of halogens is 1. The maximum atomic E-state index is 13.7. The SMILES string of the molecule is CCO/C=C(\I)P(=O)(c1ccccc1)c1ccccc1. The lowest BCUT2D eigenvalue weighted by atomic mass is 10.4. The van der Waals surface area contributed by atoms with Gasteiger partial charge >= 0.3 is 0 Å². The van der Waals surface area contributed by atoms with Crippen LogP contribution >= 0.6 is 29.7 Å². The van der Waals surface area contributed by atoms with Crippen molar-refractivity contribution in [2.45, 2.75) is 6.92 Å². The van der Waals surface area contributed by atoms with E-state index in [9.17, 15) is 4.57 Å². The van der Waals surface area contributed by atoms with Crippen LogP contribution in [0.3, 0.4) is 0 Å². The number of ether oxygens (including phenoxy) is 1. The Labute approximate surface area is 133 Å². The molecule has 0 aliphatic rings. The Bertz CT molecular complexity index is 580. The zero-order valence-corrected chi connectivity index (χ0v) is 14.3. The van der Waals surface area contributed by atoms with Crippen LogP contribution in [0.5, 0.6) is 0 Å². The van der Waals surface area contributed by atoms with E-state index in [0.29, 0.717) is 6.61 Å². The van der Waals surface area contributed by atoms with Gasteiger partial charge in [0, 0.05) is 10.6 Å². The molecule has 0 heterocycles. The summed E-state index contributed by atoms with van der Waals surface area (Å²) in [7, 11) is -2.82. The summed E-state index contributed by atoms with van der Waals surface area (Å²) in [5.41, 5.74) is 0. The van der Waals surface area contributed by atoms with Gasteiger partial charge in [-0.15, -0.1) is 0 Å². The first-order valence-corrected chi connectivity index (χ1v) is 9.17. The van der Waals surface area contributed by atoms with Crippen molar-refractivity contribution < 1.29 is 9.30 Å². The Morgan fingerprint density at radius 1 is 1.05 bits per heavy atom. The molecule has 0 aromatic heterocycles. The summed E-state index contributed by atoms with van der Waals surface area (Å²) in [5, 5.41) is 1.65. The van der Waals surface area contributed by atoms with Crippen molar-refractivity contribution >= 4 is 40.3 Å². The van der Waals surface area contributed by atoms with Gasteiger partial charge in [-0.2, -0.15) is 0 Å². The van der Waals surface area contributed by atoms with Gasteiger partial charge in [0.1, 0.15) is 6.26 Å². The summed E-state index contributed by atoms with van der Waals surface area (Å²) >= 11 is 2.12. The monoisotopic (exact) mass is 398 g/mol. The zero-order valence-electron chi connectivity index (χ0n) is 11.2. The molecule has 0 saturated heterocycles. The number of rotatable bonds is 5. The molecule has 0 bridgehead atoms. The van der Waals surface area contributed by atoms with E-state index in [0.717, 1.165) is 13.9 Å². The van der Waals surface area contributed by atoms with Crippen LogP contribution in [0.15, 0.2) is 70.2 Å². The predicted molar refractivity (Wildman–Crippen MR) is 93.5 cm³/mol. The van der Waals surface area contributed by atoms with E-state index < -0.39 is 7.14 Å². The standard InChI is InChI=1S/C16H16IO2P/c1-2-19-13-16(17)20(18,14-9-5-3-6-10-14)15-11-7-4-8-12-15/h3-13H,2H2,1H3/b16-13+. The molecule has 0 aliphatic heterocycles. The van der Waals surface area contributed by atoms with Crippen LogP contribution in [0.25, 0.3) is 0 Å². The van der Waals surface area contributed by atoms with Crippen LogP contribution in [-0.2, 0) is 9.30 Å². The molecule has 4 heteroatoms. The van der Waals surface area contributed by atoms with Gasteiger partial charge in [-0.25, -0.2) is 0 Å². The van der Waals surface area contributed by atoms with E-state index in [1.807, 2.05) is 67.6 Å². The lowest BCUT2D eigenvalue weighted by Gasteiger charge is -2.18. The zero-order chi connectivity index (χ0) is 14.4. The second kappa shape index (κ2) is 7.09. The Morgan fingerprint density at radius 2 is 1.50 bits per heavy atom. The van der Waals surface area contributed by atoms with Crippen molar-refractivity contribution in [2.24, 2.45) is 0 Å². The van der Waals surface area contributed by atoms with E-state index in [-0.39, 0.29) is 0 Å². The molecule has 0 atom stereocenters. The van der Waals surface area contributed by atoms with Gasteiger partial charge in [-0.05, 0) is 29.5 Å². The summed E-state index contributed by atoms with van der Waals surface area (Å²) in [4.78, 5) is 0. The smallest absolute Gasteiger partial charge is 0.179 e.